The monoisotopic (exact) mass is 567 g/mol. The number of nitrogens with two attached hydrogens (primary N) is 1. The van der Waals surface area contributed by atoms with E-state index in [1.165, 1.54) is 36.7 Å². The largest absolute Gasteiger partial charge is 0.478 e. The summed E-state index contributed by atoms with van der Waals surface area (Å²) < 4.78 is 27.6. The molecule has 0 aliphatic carbocycles. The molecule has 0 saturated heterocycles. The molecule has 3 aromatic rings. The Balaban J connectivity index is 1.91. The normalized spacial score (nSPS) is 12.0. The van der Waals surface area contributed by atoms with Crippen LogP contribution < -0.4 is 16.4 Å². The van der Waals surface area contributed by atoms with Crippen LogP contribution in [0.25, 0.3) is 11.1 Å². The van der Waals surface area contributed by atoms with Crippen molar-refractivity contribution < 1.29 is 32.1 Å². The van der Waals surface area contributed by atoms with Crippen LogP contribution in [0.3, 0.4) is 0 Å². The molecule has 0 radical (unpaired) electrons. The lowest BCUT2D eigenvalue weighted by Gasteiger charge is -2.22. The summed E-state index contributed by atoms with van der Waals surface area (Å²) in [7, 11) is -3.73. The van der Waals surface area contributed by atoms with Crippen molar-refractivity contribution >= 4 is 39.4 Å². The SMILES string of the molecule is CC(C)[C@@H](COS(C)(=O)=O)NC(=O)c1ccc(-c2cnccc2C(=O)Nc2ccc(C(=N)N)cc2)c(C(=O)O)c1. The van der Waals surface area contributed by atoms with E-state index in [2.05, 4.69) is 15.6 Å². The Labute approximate surface area is 231 Å². The minimum Gasteiger partial charge on any atom is -0.478 e. The third-order valence-electron chi connectivity index (χ3n) is 5.90. The van der Waals surface area contributed by atoms with Crippen molar-refractivity contribution in [3.63, 3.8) is 0 Å². The van der Waals surface area contributed by atoms with Crippen molar-refractivity contribution in [1.82, 2.24) is 10.3 Å². The van der Waals surface area contributed by atoms with Crippen LogP contribution in [0.15, 0.2) is 60.9 Å². The Morgan fingerprint density at radius 1 is 1.00 bits per heavy atom. The molecule has 2 aromatic carbocycles. The van der Waals surface area contributed by atoms with Crippen molar-refractivity contribution in [3.8, 4) is 11.1 Å². The lowest BCUT2D eigenvalue weighted by atomic mass is 9.94. The summed E-state index contributed by atoms with van der Waals surface area (Å²) in [5, 5.41) is 22.8. The maximum atomic E-state index is 13.1. The standard InChI is InChI=1S/C27H29N5O7S/c1-15(2)23(14-39-40(3,37)38)32-25(33)17-6-9-19(21(12-17)27(35)36)22-13-30-11-10-20(22)26(34)31-18-7-4-16(5-8-18)24(28)29/h4-13,15,23H,14H2,1-3H3,(H3,28,29)(H,31,34)(H,32,33)(H,35,36)/t23-/m1/s1. The molecular weight excluding hydrogens is 538 g/mol. The number of anilines is 1. The molecule has 12 nitrogen and oxygen atoms in total. The van der Waals surface area contributed by atoms with Gasteiger partial charge in [-0.2, -0.15) is 8.42 Å². The van der Waals surface area contributed by atoms with Crippen molar-refractivity contribution in [2.75, 3.05) is 18.2 Å². The van der Waals surface area contributed by atoms with Gasteiger partial charge in [-0.05, 0) is 53.9 Å². The molecule has 13 heteroatoms. The van der Waals surface area contributed by atoms with Crippen molar-refractivity contribution in [2.45, 2.75) is 19.9 Å². The van der Waals surface area contributed by atoms with Crippen molar-refractivity contribution in [3.05, 3.63) is 83.2 Å². The van der Waals surface area contributed by atoms with Gasteiger partial charge in [0.25, 0.3) is 21.9 Å². The van der Waals surface area contributed by atoms with Crippen LogP contribution in [0.2, 0.25) is 0 Å². The zero-order chi connectivity index (χ0) is 29.6. The van der Waals surface area contributed by atoms with Gasteiger partial charge < -0.3 is 21.5 Å². The van der Waals surface area contributed by atoms with Crippen LogP contribution in [0, 0.1) is 11.3 Å². The van der Waals surface area contributed by atoms with Gasteiger partial charge in [-0.15, -0.1) is 0 Å². The van der Waals surface area contributed by atoms with Crippen LogP contribution >= 0.6 is 0 Å². The highest BCUT2D eigenvalue weighted by atomic mass is 32.2. The van der Waals surface area contributed by atoms with Crippen LogP contribution in [0.4, 0.5) is 5.69 Å². The molecule has 0 spiro atoms. The fourth-order valence-corrected chi connectivity index (χ4v) is 4.08. The molecule has 0 bridgehead atoms. The minimum absolute atomic E-state index is 0.0200. The summed E-state index contributed by atoms with van der Waals surface area (Å²) >= 11 is 0. The number of nitrogens with zero attached hydrogens (tertiary/aromatic N) is 1. The average molecular weight is 568 g/mol. The molecule has 1 atom stereocenters. The first-order valence-electron chi connectivity index (χ1n) is 12.0. The average Bonchev–Trinajstić information content (AvgIpc) is 2.90. The molecule has 0 unspecified atom stereocenters. The topological polar surface area (TPSA) is 202 Å². The number of carboxylic acid groups (broad SMARTS) is 1. The highest BCUT2D eigenvalue weighted by molar-refractivity contribution is 7.85. The van der Waals surface area contributed by atoms with E-state index < -0.39 is 33.9 Å². The van der Waals surface area contributed by atoms with Crippen LogP contribution in [0.1, 0.15) is 50.5 Å². The third-order valence-corrected chi connectivity index (χ3v) is 6.47. The van der Waals surface area contributed by atoms with Gasteiger partial charge in [0.1, 0.15) is 5.84 Å². The molecular formula is C27H29N5O7S. The predicted octanol–water partition coefficient (Wildman–Crippen LogP) is 2.71. The number of hydrogen-bond acceptors (Lipinski definition) is 8. The van der Waals surface area contributed by atoms with E-state index in [4.69, 9.17) is 15.3 Å². The number of carbonyl (C=O) groups is 3. The van der Waals surface area contributed by atoms with Gasteiger partial charge in [0, 0.05) is 34.8 Å². The van der Waals surface area contributed by atoms with Gasteiger partial charge >= 0.3 is 5.97 Å². The molecule has 1 heterocycles. The van der Waals surface area contributed by atoms with Gasteiger partial charge in [0.2, 0.25) is 0 Å². The maximum Gasteiger partial charge on any atom is 0.336 e. The van der Waals surface area contributed by atoms with Gasteiger partial charge in [0.15, 0.2) is 0 Å². The second kappa shape index (κ2) is 12.5. The molecule has 210 valence electrons. The second-order valence-corrected chi connectivity index (χ2v) is 10.9. The second-order valence-electron chi connectivity index (χ2n) is 9.24. The molecule has 0 aliphatic heterocycles. The number of pyridine rings is 1. The molecule has 1 aromatic heterocycles. The number of rotatable bonds is 11. The zero-order valence-corrected chi connectivity index (χ0v) is 22.8. The van der Waals surface area contributed by atoms with E-state index in [0.29, 0.717) is 11.3 Å². The molecule has 6 N–H and O–H groups in total. The lowest BCUT2D eigenvalue weighted by Crippen LogP contribution is -2.42. The van der Waals surface area contributed by atoms with Gasteiger partial charge in [-0.1, -0.05) is 19.9 Å². The number of carbonyl (C=O) groups excluding carboxylic acids is 2. The van der Waals surface area contributed by atoms with Gasteiger partial charge in [-0.3, -0.25) is 24.2 Å². The van der Waals surface area contributed by atoms with E-state index in [1.54, 1.807) is 38.1 Å². The minimum atomic E-state index is -3.73. The summed E-state index contributed by atoms with van der Waals surface area (Å²) in [6, 6.07) is 11.1. The van der Waals surface area contributed by atoms with Crippen LogP contribution in [-0.2, 0) is 14.3 Å². The Morgan fingerprint density at radius 2 is 1.65 bits per heavy atom. The first-order chi connectivity index (χ1) is 18.8. The van der Waals surface area contributed by atoms with Gasteiger partial charge in [-0.25, -0.2) is 4.79 Å². The Hall–Kier alpha value is -4.62. The summed E-state index contributed by atoms with van der Waals surface area (Å²) in [6.07, 6.45) is 3.65. The van der Waals surface area contributed by atoms with E-state index in [-0.39, 0.29) is 46.2 Å². The first-order valence-corrected chi connectivity index (χ1v) is 13.8. The molecule has 40 heavy (non-hydrogen) atoms. The van der Waals surface area contributed by atoms with E-state index in [0.717, 1.165) is 6.26 Å². The number of nitrogen functional groups attached to an aromatic ring is 1. The van der Waals surface area contributed by atoms with E-state index >= 15 is 0 Å². The number of amides is 2. The van der Waals surface area contributed by atoms with Crippen molar-refractivity contribution in [1.29, 1.82) is 5.41 Å². The quantitative estimate of drug-likeness (QED) is 0.131. The van der Waals surface area contributed by atoms with Gasteiger partial charge in [0.05, 0.1) is 30.0 Å². The fourth-order valence-electron chi connectivity index (χ4n) is 3.69. The molecule has 3 rings (SSSR count). The highest BCUT2D eigenvalue weighted by Gasteiger charge is 2.23. The number of hydrogen-bond donors (Lipinski definition) is 5. The third kappa shape index (κ3) is 7.71. The smallest absolute Gasteiger partial charge is 0.336 e. The van der Waals surface area contributed by atoms with E-state index in [9.17, 15) is 27.9 Å². The summed E-state index contributed by atoms with van der Waals surface area (Å²) in [5.41, 5.74) is 6.69. The number of carboxylic acids is 1. The molecule has 0 saturated carbocycles. The number of aromatic carboxylic acids is 1. The molecule has 2 amide bonds. The number of aromatic nitrogens is 1. The Bertz CT molecular complexity index is 1550. The van der Waals surface area contributed by atoms with Crippen LogP contribution in [0.5, 0.6) is 0 Å². The summed E-state index contributed by atoms with van der Waals surface area (Å²) in [5.74, 6) is -2.78. The summed E-state index contributed by atoms with van der Waals surface area (Å²) in [6.45, 7) is 3.27. The predicted molar refractivity (Wildman–Crippen MR) is 149 cm³/mol. The fraction of sp³-hybridized carbons (Fsp3) is 0.222. The lowest BCUT2D eigenvalue weighted by molar-refractivity contribution is 0.0697. The van der Waals surface area contributed by atoms with Crippen LogP contribution in [-0.4, -0.2) is 61.0 Å². The maximum absolute atomic E-state index is 13.1. The Morgan fingerprint density at radius 3 is 2.23 bits per heavy atom. The molecule has 0 fully saturated rings. The zero-order valence-electron chi connectivity index (χ0n) is 22.0. The van der Waals surface area contributed by atoms with Crippen molar-refractivity contribution in [2.24, 2.45) is 11.7 Å². The first kappa shape index (κ1) is 29.9. The van der Waals surface area contributed by atoms with E-state index in [1.807, 2.05) is 0 Å². The number of nitrogens with one attached hydrogen (secondary N) is 3. The highest BCUT2D eigenvalue weighted by Crippen LogP contribution is 2.28. The molecule has 0 aliphatic rings. The Kier molecular flexibility index (Phi) is 9.35. The number of benzene rings is 2. The summed E-state index contributed by atoms with van der Waals surface area (Å²) in [4.78, 5) is 42.3. The number of amidine groups is 1.